The third-order valence-corrected chi connectivity index (χ3v) is 6.72. The van der Waals surface area contributed by atoms with Crippen molar-refractivity contribution in [2.75, 3.05) is 0 Å². The lowest BCUT2D eigenvalue weighted by molar-refractivity contribution is -0.123. The molecule has 4 rings (SSSR count). The van der Waals surface area contributed by atoms with Gasteiger partial charge in [-0.1, -0.05) is 30.3 Å². The van der Waals surface area contributed by atoms with Gasteiger partial charge in [0.2, 0.25) is 5.91 Å². The van der Waals surface area contributed by atoms with Gasteiger partial charge in [-0.3, -0.25) is 9.78 Å². The Balaban J connectivity index is 1.38. The Morgan fingerprint density at radius 2 is 1.77 bits per heavy atom. The molecule has 0 spiro atoms. The van der Waals surface area contributed by atoms with E-state index in [4.69, 9.17) is 0 Å². The van der Waals surface area contributed by atoms with Crippen LogP contribution in [0.15, 0.2) is 60.8 Å². The van der Waals surface area contributed by atoms with Crippen LogP contribution in [0.3, 0.4) is 0 Å². The van der Waals surface area contributed by atoms with Crippen molar-refractivity contribution < 1.29 is 9.18 Å². The lowest BCUT2D eigenvalue weighted by Crippen LogP contribution is -2.41. The lowest BCUT2D eigenvalue weighted by Gasteiger charge is -2.33. The Kier molecular flexibility index (Phi) is 6.12. The van der Waals surface area contributed by atoms with Gasteiger partial charge in [0.05, 0.1) is 11.4 Å². The second-order valence-corrected chi connectivity index (χ2v) is 8.60. The van der Waals surface area contributed by atoms with Crippen LogP contribution in [-0.2, 0) is 4.79 Å². The minimum atomic E-state index is -0.214. The number of aromatic nitrogens is 1. The molecule has 2 atom stereocenters. The molecule has 30 heavy (non-hydrogen) atoms. The number of pyridine rings is 1. The van der Waals surface area contributed by atoms with E-state index in [1.807, 2.05) is 49.5 Å². The molecule has 1 unspecified atom stereocenters. The molecule has 0 bridgehead atoms. The topological polar surface area (TPSA) is 42.0 Å². The standard InChI is InChI=1S/C26H29FN2O/c1-17(19-6-4-3-5-7-19)26(30)29-18(2)20-8-10-21(11-9-20)23-14-15-28-25-13-12-22(27)16-24(23)25/h3-7,12-18,20-21H,8-11H2,1-2H3,(H,29,30)/t17?,18-,20?,21?/m1/s1. The van der Waals surface area contributed by atoms with Crippen LogP contribution in [0.1, 0.15) is 62.5 Å². The SMILES string of the molecule is CC(C(=O)N[C@H](C)C1CCC(c2ccnc3ccc(F)cc23)CC1)c1ccccc1. The molecule has 3 aromatic rings. The number of halogens is 1. The number of rotatable bonds is 5. The fourth-order valence-corrected chi connectivity index (χ4v) is 4.79. The number of amides is 1. The number of carbonyl (C=O) groups excluding carboxylic acids is 1. The van der Waals surface area contributed by atoms with Crippen molar-refractivity contribution in [3.05, 3.63) is 77.7 Å². The summed E-state index contributed by atoms with van der Waals surface area (Å²) in [5.74, 6) is 0.613. The summed E-state index contributed by atoms with van der Waals surface area (Å²) in [5, 5.41) is 4.17. The van der Waals surface area contributed by atoms with E-state index in [1.54, 1.807) is 12.1 Å². The maximum atomic E-state index is 13.8. The first kappa shape index (κ1) is 20.5. The number of benzene rings is 2. The van der Waals surface area contributed by atoms with E-state index < -0.39 is 0 Å². The third-order valence-electron chi connectivity index (χ3n) is 6.72. The number of carbonyl (C=O) groups is 1. The number of fused-ring (bicyclic) bond motifs is 1. The first-order valence-corrected chi connectivity index (χ1v) is 10.9. The van der Waals surface area contributed by atoms with Crippen LogP contribution in [-0.4, -0.2) is 16.9 Å². The van der Waals surface area contributed by atoms with Gasteiger partial charge in [-0.05, 0) is 86.8 Å². The molecule has 1 heterocycles. The first-order valence-electron chi connectivity index (χ1n) is 10.9. The Labute approximate surface area is 177 Å². The lowest BCUT2D eigenvalue weighted by atomic mass is 9.75. The zero-order chi connectivity index (χ0) is 21.1. The molecule has 0 saturated heterocycles. The quantitative estimate of drug-likeness (QED) is 0.570. The highest BCUT2D eigenvalue weighted by molar-refractivity contribution is 5.83. The molecule has 1 aliphatic carbocycles. The predicted molar refractivity (Wildman–Crippen MR) is 119 cm³/mol. The Morgan fingerprint density at radius 1 is 1.03 bits per heavy atom. The number of hydrogen-bond acceptors (Lipinski definition) is 2. The fourth-order valence-electron chi connectivity index (χ4n) is 4.79. The van der Waals surface area contributed by atoms with Crippen LogP contribution in [0.5, 0.6) is 0 Å². The van der Waals surface area contributed by atoms with E-state index in [1.165, 1.54) is 11.6 Å². The van der Waals surface area contributed by atoms with Crippen molar-refractivity contribution in [3.63, 3.8) is 0 Å². The smallest absolute Gasteiger partial charge is 0.227 e. The minimum absolute atomic E-state index is 0.0893. The van der Waals surface area contributed by atoms with Crippen molar-refractivity contribution in [2.24, 2.45) is 5.92 Å². The molecule has 1 aliphatic rings. The van der Waals surface area contributed by atoms with Crippen LogP contribution in [0.4, 0.5) is 4.39 Å². The summed E-state index contributed by atoms with van der Waals surface area (Å²) in [6.45, 7) is 4.08. The largest absolute Gasteiger partial charge is 0.353 e. The summed E-state index contributed by atoms with van der Waals surface area (Å²) in [5.41, 5.74) is 3.10. The predicted octanol–water partition coefficient (Wildman–Crippen LogP) is 5.96. The summed E-state index contributed by atoms with van der Waals surface area (Å²) in [6, 6.07) is 16.9. The zero-order valence-corrected chi connectivity index (χ0v) is 17.6. The molecule has 2 aromatic carbocycles. The summed E-state index contributed by atoms with van der Waals surface area (Å²) < 4.78 is 13.8. The fraction of sp³-hybridized carbons (Fsp3) is 0.385. The molecular formula is C26H29FN2O. The average Bonchev–Trinajstić information content (AvgIpc) is 2.78. The minimum Gasteiger partial charge on any atom is -0.353 e. The molecule has 1 aromatic heterocycles. The van der Waals surface area contributed by atoms with E-state index in [0.29, 0.717) is 11.8 Å². The molecule has 0 aliphatic heterocycles. The van der Waals surface area contributed by atoms with Crippen LogP contribution in [0.25, 0.3) is 10.9 Å². The molecule has 1 fully saturated rings. The van der Waals surface area contributed by atoms with Gasteiger partial charge in [-0.25, -0.2) is 4.39 Å². The Hall–Kier alpha value is -2.75. The van der Waals surface area contributed by atoms with Crippen molar-refractivity contribution in [1.29, 1.82) is 0 Å². The van der Waals surface area contributed by atoms with Gasteiger partial charge in [-0.15, -0.1) is 0 Å². The molecule has 3 nitrogen and oxygen atoms in total. The van der Waals surface area contributed by atoms with Crippen molar-refractivity contribution >= 4 is 16.8 Å². The number of nitrogens with zero attached hydrogens (tertiary/aromatic N) is 1. The Morgan fingerprint density at radius 3 is 2.50 bits per heavy atom. The van der Waals surface area contributed by atoms with Gasteiger partial charge in [0.15, 0.2) is 0 Å². The van der Waals surface area contributed by atoms with Gasteiger partial charge in [0, 0.05) is 17.6 Å². The maximum Gasteiger partial charge on any atom is 0.227 e. The highest BCUT2D eigenvalue weighted by atomic mass is 19.1. The van der Waals surface area contributed by atoms with Crippen LogP contribution in [0, 0.1) is 11.7 Å². The molecule has 4 heteroatoms. The normalized spacial score (nSPS) is 21.2. The maximum absolute atomic E-state index is 13.8. The monoisotopic (exact) mass is 404 g/mol. The summed E-state index contributed by atoms with van der Waals surface area (Å²) in [4.78, 5) is 17.1. The molecule has 1 N–H and O–H groups in total. The van der Waals surface area contributed by atoms with Crippen LogP contribution < -0.4 is 5.32 Å². The van der Waals surface area contributed by atoms with Crippen LogP contribution in [0.2, 0.25) is 0 Å². The number of nitrogens with one attached hydrogen (secondary N) is 1. The first-order chi connectivity index (χ1) is 14.5. The van der Waals surface area contributed by atoms with E-state index >= 15 is 0 Å². The summed E-state index contributed by atoms with van der Waals surface area (Å²) in [7, 11) is 0. The second kappa shape index (κ2) is 8.95. The molecule has 1 saturated carbocycles. The zero-order valence-electron chi connectivity index (χ0n) is 17.6. The van der Waals surface area contributed by atoms with E-state index in [9.17, 15) is 9.18 Å². The van der Waals surface area contributed by atoms with Gasteiger partial charge in [0.1, 0.15) is 5.82 Å². The third kappa shape index (κ3) is 4.38. The van der Waals surface area contributed by atoms with E-state index in [2.05, 4.69) is 17.2 Å². The average molecular weight is 405 g/mol. The van der Waals surface area contributed by atoms with E-state index in [-0.39, 0.29) is 23.7 Å². The van der Waals surface area contributed by atoms with Gasteiger partial charge in [0.25, 0.3) is 0 Å². The van der Waals surface area contributed by atoms with Crippen molar-refractivity contribution in [1.82, 2.24) is 10.3 Å². The van der Waals surface area contributed by atoms with Gasteiger partial charge >= 0.3 is 0 Å². The number of hydrogen-bond donors (Lipinski definition) is 1. The molecule has 1 amide bonds. The molecule has 0 radical (unpaired) electrons. The second-order valence-electron chi connectivity index (χ2n) is 8.60. The highest BCUT2D eigenvalue weighted by Gasteiger charge is 2.28. The van der Waals surface area contributed by atoms with E-state index in [0.717, 1.165) is 42.1 Å². The molecular weight excluding hydrogens is 375 g/mol. The summed E-state index contributed by atoms with van der Waals surface area (Å²) >= 11 is 0. The molecule has 156 valence electrons. The van der Waals surface area contributed by atoms with Gasteiger partial charge in [-0.2, -0.15) is 0 Å². The van der Waals surface area contributed by atoms with Gasteiger partial charge < -0.3 is 5.32 Å². The summed E-state index contributed by atoms with van der Waals surface area (Å²) in [6.07, 6.45) is 6.05. The van der Waals surface area contributed by atoms with Crippen molar-refractivity contribution in [2.45, 2.75) is 57.4 Å². The van der Waals surface area contributed by atoms with Crippen molar-refractivity contribution in [3.8, 4) is 0 Å². The van der Waals surface area contributed by atoms with Crippen LogP contribution >= 0.6 is 0 Å². The highest BCUT2D eigenvalue weighted by Crippen LogP contribution is 2.39. The Bertz CT molecular complexity index is 1010.